The van der Waals surface area contributed by atoms with Crippen LogP contribution >= 0.6 is 0 Å². The first-order valence-electron chi connectivity index (χ1n) is 6.13. The molecule has 2 heterocycles. The zero-order valence-corrected chi connectivity index (χ0v) is 10.3. The summed E-state index contributed by atoms with van der Waals surface area (Å²) in [5.74, 6) is -0.857. The first-order valence-corrected chi connectivity index (χ1v) is 6.13. The predicted molar refractivity (Wildman–Crippen MR) is 69.3 cm³/mol. The lowest BCUT2D eigenvalue weighted by Crippen LogP contribution is -2.49. The Morgan fingerprint density at radius 1 is 1.39 bits per heavy atom. The third kappa shape index (κ3) is 1.78. The maximum Gasteiger partial charge on any atom is 0.309 e. The lowest BCUT2D eigenvalue weighted by molar-refractivity contribution is -0.147. The average molecular weight is 244 g/mol. The van der Waals surface area contributed by atoms with Crippen molar-refractivity contribution in [2.75, 3.05) is 13.1 Å². The van der Waals surface area contributed by atoms with E-state index in [1.165, 1.54) is 16.5 Å². The van der Waals surface area contributed by atoms with E-state index in [9.17, 15) is 4.79 Å². The molecule has 4 heteroatoms. The van der Waals surface area contributed by atoms with Gasteiger partial charge in [0.05, 0.1) is 5.92 Å². The summed E-state index contributed by atoms with van der Waals surface area (Å²) in [4.78, 5) is 12.9. The molecule has 3 rings (SSSR count). The molecule has 1 fully saturated rings. The van der Waals surface area contributed by atoms with E-state index >= 15 is 0 Å². The number of aliphatic carboxylic acids is 1. The van der Waals surface area contributed by atoms with E-state index < -0.39 is 5.97 Å². The Morgan fingerprint density at radius 2 is 2.11 bits per heavy atom. The quantitative estimate of drug-likeness (QED) is 0.893. The third-order valence-electron chi connectivity index (χ3n) is 3.68. The Balaban J connectivity index is 1.78. The average Bonchev–Trinajstić information content (AvgIpc) is 2.61. The van der Waals surface area contributed by atoms with Crippen molar-refractivity contribution in [3.8, 4) is 0 Å². The first kappa shape index (κ1) is 11.3. The van der Waals surface area contributed by atoms with Crippen LogP contribution in [-0.2, 0) is 18.4 Å². The smallest absolute Gasteiger partial charge is 0.309 e. The van der Waals surface area contributed by atoms with Gasteiger partial charge in [-0.25, -0.2) is 0 Å². The zero-order valence-electron chi connectivity index (χ0n) is 10.3. The number of carboxylic acid groups (broad SMARTS) is 1. The Bertz CT molecular complexity index is 597. The van der Waals surface area contributed by atoms with Crippen LogP contribution < -0.4 is 0 Å². The summed E-state index contributed by atoms with van der Waals surface area (Å²) < 4.78 is 2.12. The molecule has 0 aliphatic carbocycles. The lowest BCUT2D eigenvalue weighted by Gasteiger charge is -2.36. The van der Waals surface area contributed by atoms with Gasteiger partial charge in [-0.15, -0.1) is 0 Å². The summed E-state index contributed by atoms with van der Waals surface area (Å²) >= 11 is 0. The summed E-state index contributed by atoms with van der Waals surface area (Å²) in [6.07, 6.45) is 2.14. The monoisotopic (exact) mass is 244 g/mol. The number of carboxylic acids is 1. The standard InChI is InChI=1S/C14H16N2O2/c1-15-6-10(12-4-2-3-5-13(12)15)7-16-8-11(9-16)14(17)18/h2-6,11H,7-9H2,1H3,(H,17,18). The van der Waals surface area contributed by atoms with Crippen LogP contribution in [0.4, 0.5) is 0 Å². The molecule has 1 aromatic carbocycles. The van der Waals surface area contributed by atoms with Crippen LogP contribution in [0.15, 0.2) is 30.5 Å². The van der Waals surface area contributed by atoms with Crippen LogP contribution in [0.3, 0.4) is 0 Å². The number of carbonyl (C=O) groups is 1. The highest BCUT2D eigenvalue weighted by molar-refractivity contribution is 5.83. The molecule has 0 bridgehead atoms. The van der Waals surface area contributed by atoms with E-state index in [1.54, 1.807) is 0 Å². The number of nitrogens with zero attached hydrogens (tertiary/aromatic N) is 2. The number of benzene rings is 1. The fourth-order valence-electron chi connectivity index (χ4n) is 2.65. The Labute approximate surface area is 105 Å². The van der Waals surface area contributed by atoms with Gasteiger partial charge in [0.15, 0.2) is 0 Å². The number of para-hydroxylation sites is 1. The van der Waals surface area contributed by atoms with Gasteiger partial charge in [-0.3, -0.25) is 9.69 Å². The molecule has 0 spiro atoms. The first-order chi connectivity index (χ1) is 8.65. The molecule has 0 saturated carbocycles. The van der Waals surface area contributed by atoms with E-state index in [2.05, 4.69) is 27.8 Å². The topological polar surface area (TPSA) is 45.5 Å². The second-order valence-electron chi connectivity index (χ2n) is 5.01. The molecular formula is C14H16N2O2. The van der Waals surface area contributed by atoms with Gasteiger partial charge >= 0.3 is 5.97 Å². The number of fused-ring (bicyclic) bond motifs is 1. The SMILES string of the molecule is Cn1cc(CN2CC(C(=O)O)C2)c2ccccc21. The molecular weight excluding hydrogens is 228 g/mol. The van der Waals surface area contributed by atoms with Crippen LogP contribution in [0.1, 0.15) is 5.56 Å². The maximum absolute atomic E-state index is 10.8. The highest BCUT2D eigenvalue weighted by Crippen LogP contribution is 2.25. The fourth-order valence-corrected chi connectivity index (χ4v) is 2.65. The van der Waals surface area contributed by atoms with Crippen molar-refractivity contribution in [3.63, 3.8) is 0 Å². The summed E-state index contributed by atoms with van der Waals surface area (Å²) in [6.45, 7) is 2.17. The van der Waals surface area contributed by atoms with Gasteiger partial charge in [0.2, 0.25) is 0 Å². The number of rotatable bonds is 3. The van der Waals surface area contributed by atoms with Crippen molar-refractivity contribution in [3.05, 3.63) is 36.0 Å². The van der Waals surface area contributed by atoms with Crippen LogP contribution in [0.2, 0.25) is 0 Å². The van der Waals surface area contributed by atoms with Gasteiger partial charge in [-0.2, -0.15) is 0 Å². The van der Waals surface area contributed by atoms with E-state index in [1.807, 2.05) is 19.2 Å². The largest absolute Gasteiger partial charge is 0.481 e. The number of likely N-dealkylation sites (tertiary alicyclic amines) is 1. The lowest BCUT2D eigenvalue weighted by atomic mass is 9.99. The molecule has 4 nitrogen and oxygen atoms in total. The summed E-state index contributed by atoms with van der Waals surface area (Å²) in [5.41, 5.74) is 2.50. The maximum atomic E-state index is 10.8. The number of aromatic nitrogens is 1. The molecule has 1 aliphatic rings. The summed E-state index contributed by atoms with van der Waals surface area (Å²) in [5, 5.41) is 10.1. The van der Waals surface area contributed by atoms with Gasteiger partial charge in [-0.1, -0.05) is 18.2 Å². The molecule has 2 aromatic rings. The summed E-state index contributed by atoms with van der Waals surface area (Å²) in [6, 6.07) is 8.31. The molecule has 18 heavy (non-hydrogen) atoms. The molecule has 1 N–H and O–H groups in total. The molecule has 0 amide bonds. The van der Waals surface area contributed by atoms with Gasteiger partial charge in [-0.05, 0) is 11.6 Å². The third-order valence-corrected chi connectivity index (χ3v) is 3.68. The van der Waals surface area contributed by atoms with Gasteiger partial charge in [0.1, 0.15) is 0 Å². The zero-order chi connectivity index (χ0) is 12.7. The minimum absolute atomic E-state index is 0.181. The minimum Gasteiger partial charge on any atom is -0.481 e. The number of aryl methyl sites for hydroxylation is 1. The van der Waals surface area contributed by atoms with E-state index in [4.69, 9.17) is 5.11 Å². The summed E-state index contributed by atoms with van der Waals surface area (Å²) in [7, 11) is 2.04. The van der Waals surface area contributed by atoms with E-state index in [0.717, 1.165) is 6.54 Å². The van der Waals surface area contributed by atoms with Crippen molar-refractivity contribution < 1.29 is 9.90 Å². The van der Waals surface area contributed by atoms with Gasteiger partial charge in [0, 0.05) is 43.8 Å². The van der Waals surface area contributed by atoms with Crippen LogP contribution in [0.25, 0.3) is 10.9 Å². The molecule has 0 unspecified atom stereocenters. The minimum atomic E-state index is -0.677. The Kier molecular flexibility index (Phi) is 2.59. The Hall–Kier alpha value is -1.81. The molecule has 0 radical (unpaired) electrons. The van der Waals surface area contributed by atoms with Gasteiger partial charge < -0.3 is 9.67 Å². The highest BCUT2D eigenvalue weighted by atomic mass is 16.4. The van der Waals surface area contributed by atoms with Crippen molar-refractivity contribution >= 4 is 16.9 Å². The van der Waals surface area contributed by atoms with Crippen LogP contribution in [0.5, 0.6) is 0 Å². The number of hydrogen-bond donors (Lipinski definition) is 1. The predicted octanol–water partition coefficient (Wildman–Crippen LogP) is 1.69. The normalized spacial score (nSPS) is 16.9. The molecule has 1 aromatic heterocycles. The highest BCUT2D eigenvalue weighted by Gasteiger charge is 2.32. The van der Waals surface area contributed by atoms with Crippen molar-refractivity contribution in [1.29, 1.82) is 0 Å². The van der Waals surface area contributed by atoms with Gasteiger partial charge in [0.25, 0.3) is 0 Å². The van der Waals surface area contributed by atoms with Crippen LogP contribution in [0, 0.1) is 5.92 Å². The second kappa shape index (κ2) is 4.14. The molecule has 1 aliphatic heterocycles. The van der Waals surface area contributed by atoms with Crippen molar-refractivity contribution in [1.82, 2.24) is 9.47 Å². The second-order valence-corrected chi connectivity index (χ2v) is 5.01. The molecule has 94 valence electrons. The van der Waals surface area contributed by atoms with E-state index in [0.29, 0.717) is 13.1 Å². The number of hydrogen-bond acceptors (Lipinski definition) is 2. The van der Waals surface area contributed by atoms with Crippen molar-refractivity contribution in [2.45, 2.75) is 6.54 Å². The van der Waals surface area contributed by atoms with Crippen LogP contribution in [-0.4, -0.2) is 33.6 Å². The van der Waals surface area contributed by atoms with E-state index in [-0.39, 0.29) is 5.92 Å². The molecule has 0 atom stereocenters. The fraction of sp³-hybridized carbons (Fsp3) is 0.357. The Morgan fingerprint density at radius 3 is 2.83 bits per heavy atom. The molecule has 1 saturated heterocycles. The van der Waals surface area contributed by atoms with Crippen molar-refractivity contribution in [2.24, 2.45) is 13.0 Å².